The molecule has 0 bridgehead atoms. The molecule has 0 saturated carbocycles. The van der Waals surface area contributed by atoms with Crippen molar-refractivity contribution in [1.82, 2.24) is 0 Å². The van der Waals surface area contributed by atoms with Crippen LogP contribution in [0.4, 0.5) is 15.8 Å². The van der Waals surface area contributed by atoms with E-state index in [1.807, 2.05) is 16.8 Å². The zero-order chi connectivity index (χ0) is 13.1. The van der Waals surface area contributed by atoms with Crippen molar-refractivity contribution in [3.8, 4) is 0 Å². The van der Waals surface area contributed by atoms with Gasteiger partial charge in [0.05, 0.1) is 16.9 Å². The van der Waals surface area contributed by atoms with Crippen LogP contribution in [0.25, 0.3) is 0 Å². The molecule has 2 rings (SSSR count). The van der Waals surface area contributed by atoms with E-state index in [2.05, 4.69) is 5.32 Å². The third-order valence-electron chi connectivity index (χ3n) is 2.43. The number of thiophene rings is 1. The van der Waals surface area contributed by atoms with Crippen molar-refractivity contribution in [2.24, 2.45) is 0 Å². The molecular weight excluding hydrogens is 255 g/mol. The molecule has 94 valence electrons. The number of anilines is 2. The highest BCUT2D eigenvalue weighted by Gasteiger charge is 2.13. The van der Waals surface area contributed by atoms with E-state index in [1.165, 1.54) is 0 Å². The summed E-state index contributed by atoms with van der Waals surface area (Å²) in [5.41, 5.74) is 6.92. The minimum absolute atomic E-state index is 0.212. The first-order valence-electron chi connectivity index (χ1n) is 5.15. The minimum Gasteiger partial charge on any atom is -0.478 e. The molecule has 0 saturated heterocycles. The first kappa shape index (κ1) is 12.4. The number of hydrogen-bond acceptors (Lipinski definition) is 4. The fourth-order valence-electron chi connectivity index (χ4n) is 1.50. The van der Waals surface area contributed by atoms with E-state index in [-0.39, 0.29) is 5.69 Å². The zero-order valence-electron chi connectivity index (χ0n) is 9.31. The Labute approximate surface area is 107 Å². The molecule has 0 amide bonds. The molecule has 1 aromatic carbocycles. The van der Waals surface area contributed by atoms with Gasteiger partial charge < -0.3 is 16.2 Å². The van der Waals surface area contributed by atoms with Crippen molar-refractivity contribution in [1.29, 1.82) is 0 Å². The standard InChI is InChI=1S/C12H11FN2O2S/c13-9-4-11(10(14)3-8(9)12(16)17)15-5-7-1-2-18-6-7/h1-4,6,15H,5,14H2,(H,16,17). The Morgan fingerprint density at radius 1 is 1.50 bits per heavy atom. The lowest BCUT2D eigenvalue weighted by molar-refractivity contribution is 0.0692. The van der Waals surface area contributed by atoms with Crippen LogP contribution in [-0.2, 0) is 6.54 Å². The van der Waals surface area contributed by atoms with Gasteiger partial charge in [-0.1, -0.05) is 0 Å². The number of benzene rings is 1. The monoisotopic (exact) mass is 266 g/mol. The topological polar surface area (TPSA) is 75.4 Å². The Balaban J connectivity index is 2.19. The molecule has 6 heteroatoms. The number of nitrogen functional groups attached to an aromatic ring is 1. The van der Waals surface area contributed by atoms with Crippen molar-refractivity contribution in [2.45, 2.75) is 6.54 Å². The quantitative estimate of drug-likeness (QED) is 0.744. The van der Waals surface area contributed by atoms with Crippen LogP contribution in [0.1, 0.15) is 15.9 Å². The molecule has 0 radical (unpaired) electrons. The molecule has 4 N–H and O–H groups in total. The van der Waals surface area contributed by atoms with Crippen molar-refractivity contribution in [3.63, 3.8) is 0 Å². The van der Waals surface area contributed by atoms with E-state index in [9.17, 15) is 9.18 Å². The summed E-state index contributed by atoms with van der Waals surface area (Å²) in [4.78, 5) is 10.7. The number of nitrogens with one attached hydrogen (secondary N) is 1. The number of nitrogens with two attached hydrogens (primary N) is 1. The number of hydrogen-bond donors (Lipinski definition) is 3. The van der Waals surface area contributed by atoms with Gasteiger partial charge >= 0.3 is 5.97 Å². The van der Waals surface area contributed by atoms with Crippen LogP contribution in [0.5, 0.6) is 0 Å². The van der Waals surface area contributed by atoms with Gasteiger partial charge in [0.2, 0.25) is 0 Å². The van der Waals surface area contributed by atoms with Gasteiger partial charge in [0.25, 0.3) is 0 Å². The predicted octanol–water partition coefficient (Wildman–Crippen LogP) is 2.78. The summed E-state index contributed by atoms with van der Waals surface area (Å²) >= 11 is 1.57. The van der Waals surface area contributed by atoms with Crippen molar-refractivity contribution in [3.05, 3.63) is 45.9 Å². The average Bonchev–Trinajstić information content (AvgIpc) is 2.82. The third kappa shape index (κ3) is 2.60. The lowest BCUT2D eigenvalue weighted by Crippen LogP contribution is -2.07. The van der Waals surface area contributed by atoms with Crippen LogP contribution in [0.2, 0.25) is 0 Å². The molecule has 1 aromatic heterocycles. The number of carboxylic acids is 1. The molecule has 0 fully saturated rings. The van der Waals surface area contributed by atoms with E-state index in [0.29, 0.717) is 12.2 Å². The first-order valence-corrected chi connectivity index (χ1v) is 6.09. The number of carbonyl (C=O) groups is 1. The summed E-state index contributed by atoms with van der Waals surface area (Å²) in [6, 6.07) is 4.16. The second-order valence-electron chi connectivity index (χ2n) is 3.71. The van der Waals surface area contributed by atoms with Crippen LogP contribution < -0.4 is 11.1 Å². The number of rotatable bonds is 4. The number of carboxylic acid groups (broad SMARTS) is 1. The average molecular weight is 266 g/mol. The summed E-state index contributed by atoms with van der Waals surface area (Å²) in [7, 11) is 0. The van der Waals surface area contributed by atoms with E-state index in [4.69, 9.17) is 10.8 Å². The highest BCUT2D eigenvalue weighted by atomic mass is 32.1. The third-order valence-corrected chi connectivity index (χ3v) is 3.16. The Hall–Kier alpha value is -2.08. The van der Waals surface area contributed by atoms with Gasteiger partial charge in [-0.25, -0.2) is 9.18 Å². The van der Waals surface area contributed by atoms with Crippen molar-refractivity contribution < 1.29 is 14.3 Å². The van der Waals surface area contributed by atoms with Gasteiger partial charge in [0.1, 0.15) is 5.82 Å². The fraction of sp³-hybridized carbons (Fsp3) is 0.0833. The largest absolute Gasteiger partial charge is 0.478 e. The highest BCUT2D eigenvalue weighted by Crippen LogP contribution is 2.24. The van der Waals surface area contributed by atoms with Gasteiger partial charge in [-0.15, -0.1) is 0 Å². The van der Waals surface area contributed by atoms with Crippen molar-refractivity contribution >= 4 is 28.7 Å². The zero-order valence-corrected chi connectivity index (χ0v) is 10.1. The maximum Gasteiger partial charge on any atom is 0.338 e. The van der Waals surface area contributed by atoms with Gasteiger partial charge in [-0.3, -0.25) is 0 Å². The Morgan fingerprint density at radius 2 is 2.28 bits per heavy atom. The maximum atomic E-state index is 13.5. The molecule has 0 unspecified atom stereocenters. The van der Waals surface area contributed by atoms with E-state index < -0.39 is 17.3 Å². The van der Waals surface area contributed by atoms with Gasteiger partial charge in [0.15, 0.2) is 0 Å². The molecule has 2 aromatic rings. The molecule has 1 heterocycles. The Kier molecular flexibility index (Phi) is 3.47. The molecule has 0 aliphatic heterocycles. The van der Waals surface area contributed by atoms with Crippen LogP contribution in [0.3, 0.4) is 0 Å². The van der Waals surface area contributed by atoms with Crippen molar-refractivity contribution in [2.75, 3.05) is 11.1 Å². The van der Waals surface area contributed by atoms with E-state index in [0.717, 1.165) is 17.7 Å². The smallest absolute Gasteiger partial charge is 0.338 e. The maximum absolute atomic E-state index is 13.5. The summed E-state index contributed by atoms with van der Waals surface area (Å²) in [6.45, 7) is 0.513. The SMILES string of the molecule is Nc1cc(C(=O)O)c(F)cc1NCc1ccsc1. The first-order chi connectivity index (χ1) is 8.58. The fourth-order valence-corrected chi connectivity index (χ4v) is 2.17. The number of halogens is 1. The summed E-state index contributed by atoms with van der Waals surface area (Å²) in [5, 5.41) is 15.6. The minimum atomic E-state index is -1.33. The Morgan fingerprint density at radius 3 is 2.89 bits per heavy atom. The normalized spacial score (nSPS) is 10.3. The molecule has 18 heavy (non-hydrogen) atoms. The lowest BCUT2D eigenvalue weighted by Gasteiger charge is -2.10. The second-order valence-corrected chi connectivity index (χ2v) is 4.49. The molecule has 0 spiro atoms. The van der Waals surface area contributed by atoms with Gasteiger partial charge in [0, 0.05) is 6.54 Å². The van der Waals surface area contributed by atoms with Crippen LogP contribution in [0, 0.1) is 5.82 Å². The van der Waals surface area contributed by atoms with Crippen LogP contribution in [-0.4, -0.2) is 11.1 Å². The Bertz CT molecular complexity index is 570. The molecule has 0 atom stereocenters. The summed E-state index contributed by atoms with van der Waals surface area (Å²) < 4.78 is 13.5. The van der Waals surface area contributed by atoms with E-state index in [1.54, 1.807) is 11.3 Å². The van der Waals surface area contributed by atoms with Gasteiger partial charge in [-0.05, 0) is 34.5 Å². The molecule has 0 aliphatic rings. The molecule has 0 aliphatic carbocycles. The van der Waals surface area contributed by atoms with Gasteiger partial charge in [-0.2, -0.15) is 11.3 Å². The lowest BCUT2D eigenvalue weighted by atomic mass is 10.1. The summed E-state index contributed by atoms with van der Waals surface area (Å²) in [5.74, 6) is -2.13. The van der Waals surface area contributed by atoms with Crippen LogP contribution in [0.15, 0.2) is 29.0 Å². The summed E-state index contributed by atoms with van der Waals surface area (Å²) in [6.07, 6.45) is 0. The number of aromatic carboxylic acids is 1. The second kappa shape index (κ2) is 5.05. The van der Waals surface area contributed by atoms with E-state index >= 15 is 0 Å². The molecule has 4 nitrogen and oxygen atoms in total. The predicted molar refractivity (Wildman–Crippen MR) is 69.4 cm³/mol. The molecular formula is C12H11FN2O2S. The highest BCUT2D eigenvalue weighted by molar-refractivity contribution is 7.07. The van der Waals surface area contributed by atoms with Crippen LogP contribution >= 0.6 is 11.3 Å².